The van der Waals surface area contributed by atoms with Crippen LogP contribution in [0.5, 0.6) is 11.5 Å². The Morgan fingerprint density at radius 2 is 1.54 bits per heavy atom. The quantitative estimate of drug-likeness (QED) is 0.847. The molecule has 0 bridgehead atoms. The maximum atomic E-state index is 12.8. The summed E-state index contributed by atoms with van der Waals surface area (Å²) in [6.07, 6.45) is -1.37. The van der Waals surface area contributed by atoms with E-state index < -0.39 is 12.1 Å². The molecule has 1 atom stereocenters. The summed E-state index contributed by atoms with van der Waals surface area (Å²) < 4.78 is 49.0. The maximum Gasteiger partial charge on any atom is 0.391 e. The van der Waals surface area contributed by atoms with Crippen molar-refractivity contribution in [2.24, 2.45) is 5.92 Å². The average molecular weight is 372 g/mol. The van der Waals surface area contributed by atoms with Gasteiger partial charge in [0.1, 0.15) is 11.5 Å². The van der Waals surface area contributed by atoms with E-state index in [2.05, 4.69) is 10.2 Å². The molecule has 0 amide bonds. The first-order chi connectivity index (χ1) is 12.4. The minimum Gasteiger partial charge on any atom is -0.497 e. The number of alkyl halides is 3. The Bertz CT molecular complexity index is 579. The molecule has 4 nitrogen and oxygen atoms in total. The van der Waals surface area contributed by atoms with Crippen molar-refractivity contribution in [2.75, 3.05) is 32.2 Å². The van der Waals surface area contributed by atoms with Crippen LogP contribution in [0, 0.1) is 5.92 Å². The molecule has 1 heterocycles. The number of methoxy groups -OCH3 is 2. The minimum atomic E-state index is -4.04. The second-order valence-electron chi connectivity index (χ2n) is 7.26. The third kappa shape index (κ3) is 4.55. The predicted molar refractivity (Wildman–Crippen MR) is 95.1 cm³/mol. The van der Waals surface area contributed by atoms with E-state index in [4.69, 9.17) is 9.47 Å². The van der Waals surface area contributed by atoms with Gasteiger partial charge in [-0.2, -0.15) is 13.2 Å². The number of halogens is 3. The molecule has 146 valence electrons. The Morgan fingerprint density at radius 1 is 0.923 bits per heavy atom. The number of ether oxygens (including phenoxy) is 2. The van der Waals surface area contributed by atoms with Crippen LogP contribution >= 0.6 is 0 Å². The fourth-order valence-corrected chi connectivity index (χ4v) is 4.03. The molecule has 1 saturated heterocycles. The largest absolute Gasteiger partial charge is 0.497 e. The Labute approximate surface area is 152 Å². The normalized spacial score (nSPS) is 26.8. The second-order valence-corrected chi connectivity index (χ2v) is 7.26. The number of nitrogens with zero attached hydrogens (tertiary/aromatic N) is 1. The van der Waals surface area contributed by atoms with Gasteiger partial charge in [0, 0.05) is 49.1 Å². The highest BCUT2D eigenvalue weighted by atomic mass is 19.4. The summed E-state index contributed by atoms with van der Waals surface area (Å²) in [6, 6.07) is 6.31. The summed E-state index contributed by atoms with van der Waals surface area (Å²) >= 11 is 0. The molecule has 0 spiro atoms. The number of anilines is 1. The summed E-state index contributed by atoms with van der Waals surface area (Å²) in [4.78, 5) is 2.27. The third-order valence-corrected chi connectivity index (χ3v) is 5.55. The topological polar surface area (TPSA) is 33.7 Å². The van der Waals surface area contributed by atoms with Gasteiger partial charge in [0.2, 0.25) is 0 Å². The molecule has 2 aliphatic rings. The van der Waals surface area contributed by atoms with Crippen molar-refractivity contribution in [2.45, 2.75) is 50.4 Å². The molecule has 1 aromatic rings. The van der Waals surface area contributed by atoms with Crippen LogP contribution in [-0.2, 0) is 0 Å². The highest BCUT2D eigenvalue weighted by Crippen LogP contribution is 2.38. The lowest BCUT2D eigenvalue weighted by Crippen LogP contribution is -2.43. The molecule has 2 fully saturated rings. The molecule has 0 aromatic heterocycles. The van der Waals surface area contributed by atoms with E-state index in [0.717, 1.165) is 36.7 Å². The number of nitrogens with one attached hydrogen (secondary N) is 1. The number of rotatable bonds is 5. The molecule has 1 saturated carbocycles. The Hall–Kier alpha value is -1.63. The lowest BCUT2D eigenvalue weighted by atomic mass is 9.85. The molecule has 1 N–H and O–H groups in total. The SMILES string of the molecule is COc1cc(OC)cc(N2CC[C@@H](NC3CCC(C(F)(F)F)CC3)C2)c1. The Balaban J connectivity index is 1.53. The number of hydrogen-bond acceptors (Lipinski definition) is 4. The van der Waals surface area contributed by atoms with Crippen molar-refractivity contribution < 1.29 is 22.6 Å². The van der Waals surface area contributed by atoms with Gasteiger partial charge in [0.25, 0.3) is 0 Å². The van der Waals surface area contributed by atoms with Crippen LogP contribution in [0.4, 0.5) is 18.9 Å². The second kappa shape index (κ2) is 7.94. The monoisotopic (exact) mass is 372 g/mol. The van der Waals surface area contributed by atoms with Gasteiger partial charge in [-0.05, 0) is 32.1 Å². The summed E-state index contributed by atoms with van der Waals surface area (Å²) in [7, 11) is 3.26. The summed E-state index contributed by atoms with van der Waals surface area (Å²) in [5.74, 6) is 0.382. The van der Waals surface area contributed by atoms with Gasteiger partial charge in [0.15, 0.2) is 0 Å². The van der Waals surface area contributed by atoms with Crippen molar-refractivity contribution in [1.82, 2.24) is 5.32 Å². The van der Waals surface area contributed by atoms with Gasteiger partial charge in [0.05, 0.1) is 20.1 Å². The molecular weight excluding hydrogens is 345 g/mol. The maximum absolute atomic E-state index is 12.8. The molecule has 1 aliphatic heterocycles. The summed E-state index contributed by atoms with van der Waals surface area (Å²) in [5, 5.41) is 3.58. The highest BCUT2D eigenvalue weighted by Gasteiger charge is 2.41. The zero-order valence-electron chi connectivity index (χ0n) is 15.3. The van der Waals surface area contributed by atoms with Crippen LogP contribution in [0.25, 0.3) is 0 Å². The standard InChI is InChI=1S/C19H27F3N2O2/c1-25-17-9-16(10-18(11-17)26-2)24-8-7-15(12-24)23-14-5-3-13(4-6-14)19(20,21)22/h9-11,13-15,23H,3-8,12H2,1-2H3/t13?,14?,15-/m1/s1. The fraction of sp³-hybridized carbons (Fsp3) is 0.684. The van der Waals surface area contributed by atoms with Crippen molar-refractivity contribution >= 4 is 5.69 Å². The highest BCUT2D eigenvalue weighted by molar-refractivity contribution is 5.56. The molecule has 0 unspecified atom stereocenters. The summed E-state index contributed by atoms with van der Waals surface area (Å²) in [5.41, 5.74) is 1.05. The molecular formula is C19H27F3N2O2. The number of hydrogen-bond donors (Lipinski definition) is 1. The molecule has 1 aromatic carbocycles. The van der Waals surface area contributed by atoms with Crippen LogP contribution in [0.15, 0.2) is 18.2 Å². The van der Waals surface area contributed by atoms with Crippen LogP contribution < -0.4 is 19.7 Å². The van der Waals surface area contributed by atoms with E-state index in [9.17, 15) is 13.2 Å². The van der Waals surface area contributed by atoms with E-state index in [1.54, 1.807) is 14.2 Å². The predicted octanol–water partition coefficient (Wildman–Crippen LogP) is 3.99. The number of benzene rings is 1. The van der Waals surface area contributed by atoms with Gasteiger partial charge in [-0.15, -0.1) is 0 Å². The van der Waals surface area contributed by atoms with Gasteiger partial charge in [-0.3, -0.25) is 0 Å². The molecule has 7 heteroatoms. The van der Waals surface area contributed by atoms with Crippen LogP contribution in [0.1, 0.15) is 32.1 Å². The fourth-order valence-electron chi connectivity index (χ4n) is 4.03. The Morgan fingerprint density at radius 3 is 2.08 bits per heavy atom. The average Bonchev–Trinajstić information content (AvgIpc) is 3.09. The minimum absolute atomic E-state index is 0.193. The molecule has 0 radical (unpaired) electrons. The van der Waals surface area contributed by atoms with Crippen molar-refractivity contribution in [1.29, 1.82) is 0 Å². The molecule has 1 aliphatic carbocycles. The van der Waals surface area contributed by atoms with Crippen molar-refractivity contribution in [3.8, 4) is 11.5 Å². The van der Waals surface area contributed by atoms with E-state index in [1.165, 1.54) is 0 Å². The van der Waals surface area contributed by atoms with Gasteiger partial charge >= 0.3 is 6.18 Å². The third-order valence-electron chi connectivity index (χ3n) is 5.55. The van der Waals surface area contributed by atoms with Gasteiger partial charge < -0.3 is 19.7 Å². The van der Waals surface area contributed by atoms with E-state index >= 15 is 0 Å². The first kappa shape index (κ1) is 19.1. The zero-order chi connectivity index (χ0) is 18.7. The van der Waals surface area contributed by atoms with E-state index in [-0.39, 0.29) is 18.9 Å². The van der Waals surface area contributed by atoms with Crippen molar-refractivity contribution in [3.63, 3.8) is 0 Å². The lowest BCUT2D eigenvalue weighted by Gasteiger charge is -2.32. The van der Waals surface area contributed by atoms with Crippen LogP contribution in [0.2, 0.25) is 0 Å². The first-order valence-electron chi connectivity index (χ1n) is 9.20. The van der Waals surface area contributed by atoms with Gasteiger partial charge in [-0.1, -0.05) is 0 Å². The van der Waals surface area contributed by atoms with Crippen LogP contribution in [0.3, 0.4) is 0 Å². The Kier molecular flexibility index (Phi) is 5.85. The smallest absolute Gasteiger partial charge is 0.391 e. The lowest BCUT2D eigenvalue weighted by molar-refractivity contribution is -0.182. The summed E-state index contributed by atoms with van der Waals surface area (Å²) in [6.45, 7) is 1.75. The van der Waals surface area contributed by atoms with E-state index in [0.29, 0.717) is 18.9 Å². The zero-order valence-corrected chi connectivity index (χ0v) is 15.3. The first-order valence-corrected chi connectivity index (χ1v) is 9.20. The molecule has 26 heavy (non-hydrogen) atoms. The van der Waals surface area contributed by atoms with E-state index in [1.807, 2.05) is 18.2 Å². The van der Waals surface area contributed by atoms with Gasteiger partial charge in [-0.25, -0.2) is 0 Å². The molecule has 3 rings (SSSR count). The van der Waals surface area contributed by atoms with Crippen LogP contribution in [-0.4, -0.2) is 45.6 Å². The van der Waals surface area contributed by atoms with Crippen molar-refractivity contribution in [3.05, 3.63) is 18.2 Å².